The minimum Gasteiger partial charge on any atom is -0.450 e. The molecule has 25 heteroatoms. The van der Waals surface area contributed by atoms with Gasteiger partial charge in [-0.15, -0.1) is 0 Å². The van der Waals surface area contributed by atoms with Crippen LogP contribution >= 0.6 is 11.8 Å². The van der Waals surface area contributed by atoms with Crippen LogP contribution in [0.2, 0.25) is 0 Å². The van der Waals surface area contributed by atoms with E-state index in [0.717, 1.165) is 70.6 Å². The Hall–Kier alpha value is -2.89. The van der Waals surface area contributed by atoms with Crippen LogP contribution in [-0.2, 0) is 38.0 Å². The van der Waals surface area contributed by atoms with Crippen molar-refractivity contribution >= 4 is 35.9 Å². The van der Waals surface area contributed by atoms with E-state index in [1.165, 1.54) is 19.3 Å². The van der Waals surface area contributed by atoms with Gasteiger partial charge in [-0.05, 0) is 84.7 Å². The van der Waals surface area contributed by atoms with Crippen molar-refractivity contribution < 1.29 is 72.8 Å². The van der Waals surface area contributed by atoms with E-state index in [1.54, 1.807) is 20.8 Å². The van der Waals surface area contributed by atoms with Gasteiger partial charge in [-0.1, -0.05) is 54.4 Å². The molecule has 1 rings (SSSR count). The SMILES string of the molecule is CCCCC(C)(CC)SCCCC(=O)NCCN1CCN(CC(O)COCC(COCC(O)CN(CCC)CCNC(=O)OCC)(COCC(O)CN(CCC)CCNC(=O)OCC)COCC(O)CN(CCC)CCNC(=O)OCC)CC1. The number of thioether (sulfide) groups is 1. The minimum atomic E-state index is -1.06. The Kier molecular flexibility index (Phi) is 47.1. The zero-order valence-electron chi connectivity index (χ0n) is 53.5. The first-order valence-corrected chi connectivity index (χ1v) is 32.7. The second-order valence-corrected chi connectivity index (χ2v) is 24.1. The molecule has 1 saturated heterocycles. The summed E-state index contributed by atoms with van der Waals surface area (Å²) in [6.07, 6.45) is 3.57. The van der Waals surface area contributed by atoms with Crippen LogP contribution in [0.25, 0.3) is 0 Å². The number of alkyl carbamates (subject to hydrolysis) is 3. The fourth-order valence-electron chi connectivity index (χ4n) is 9.72. The number of amides is 4. The van der Waals surface area contributed by atoms with Gasteiger partial charge in [-0.2, -0.15) is 11.8 Å². The number of ether oxygens (including phenoxy) is 7. The third kappa shape index (κ3) is 40.5. The largest absolute Gasteiger partial charge is 0.450 e. The first kappa shape index (κ1) is 79.1. The molecule has 24 nitrogen and oxygen atoms in total. The van der Waals surface area contributed by atoms with Gasteiger partial charge in [-0.3, -0.25) is 29.3 Å². The summed E-state index contributed by atoms with van der Waals surface area (Å²) >= 11 is 2.00. The van der Waals surface area contributed by atoms with Gasteiger partial charge < -0.3 is 74.9 Å². The lowest BCUT2D eigenvalue weighted by Gasteiger charge is -2.36. The van der Waals surface area contributed by atoms with Gasteiger partial charge >= 0.3 is 18.3 Å². The lowest BCUT2D eigenvalue weighted by molar-refractivity contribution is -0.134. The predicted octanol–water partition coefficient (Wildman–Crippen LogP) is 3.46. The topological polar surface area (TPSA) is 278 Å². The number of hydrogen-bond acceptors (Lipinski definition) is 21. The highest BCUT2D eigenvalue weighted by Gasteiger charge is 2.35. The number of carbonyl (C=O) groups is 4. The van der Waals surface area contributed by atoms with Crippen molar-refractivity contribution in [3.63, 3.8) is 0 Å². The van der Waals surface area contributed by atoms with Crippen molar-refractivity contribution in [2.75, 3.05) is 203 Å². The molecule has 1 heterocycles. The Morgan fingerprint density at radius 2 is 0.905 bits per heavy atom. The number of nitrogens with one attached hydrogen (secondary N) is 4. The van der Waals surface area contributed by atoms with Crippen LogP contribution in [0.5, 0.6) is 0 Å². The van der Waals surface area contributed by atoms with Crippen molar-refractivity contribution in [2.24, 2.45) is 5.41 Å². The molecule has 1 aliphatic rings. The Morgan fingerprint density at radius 1 is 0.512 bits per heavy atom. The monoisotopic (exact) mass is 1230 g/mol. The molecule has 0 aromatic carbocycles. The fraction of sp³-hybridized carbons (Fsp3) is 0.932. The summed E-state index contributed by atoms with van der Waals surface area (Å²) in [5, 5.41) is 56.7. The van der Waals surface area contributed by atoms with Crippen molar-refractivity contribution in [1.29, 1.82) is 0 Å². The molecule has 0 aromatic rings. The van der Waals surface area contributed by atoms with Crippen LogP contribution in [0.1, 0.15) is 120 Å². The molecule has 84 heavy (non-hydrogen) atoms. The summed E-state index contributed by atoms with van der Waals surface area (Å²) in [5.41, 5.74) is -1.06. The van der Waals surface area contributed by atoms with E-state index in [-0.39, 0.29) is 103 Å². The number of carbonyl (C=O) groups excluding carboxylic acids is 4. The zero-order chi connectivity index (χ0) is 62.3. The van der Waals surface area contributed by atoms with Gasteiger partial charge in [-0.25, -0.2) is 14.4 Å². The average Bonchev–Trinajstić information content (AvgIpc) is 3.46. The molecule has 5 atom stereocenters. The maximum Gasteiger partial charge on any atom is 0.407 e. The van der Waals surface area contributed by atoms with Gasteiger partial charge in [0.05, 0.1) is 103 Å². The number of β-amino-alcohol motifs (C(OH)–C–C–N with tert-alkyl or cyclic N) is 1. The molecule has 0 aliphatic carbocycles. The third-order valence-corrected chi connectivity index (χ3v) is 16.0. The van der Waals surface area contributed by atoms with Gasteiger partial charge in [0.25, 0.3) is 0 Å². The lowest BCUT2D eigenvalue weighted by atomic mass is 9.92. The molecule has 0 aromatic heterocycles. The maximum absolute atomic E-state index is 12.7. The number of aliphatic hydroxyl groups excluding tert-OH is 4. The molecule has 5 unspecified atom stereocenters. The van der Waals surface area contributed by atoms with E-state index in [4.69, 9.17) is 33.2 Å². The lowest BCUT2D eigenvalue weighted by Crippen LogP contribution is -2.50. The molecule has 4 amide bonds. The van der Waals surface area contributed by atoms with Crippen LogP contribution in [-0.4, -0.2) is 301 Å². The molecular weight excluding hydrogens is 1110 g/mol. The smallest absolute Gasteiger partial charge is 0.407 e. The van der Waals surface area contributed by atoms with E-state index >= 15 is 0 Å². The summed E-state index contributed by atoms with van der Waals surface area (Å²) in [4.78, 5) is 59.1. The molecule has 8 N–H and O–H groups in total. The number of rotatable bonds is 54. The van der Waals surface area contributed by atoms with Crippen LogP contribution in [0.4, 0.5) is 14.4 Å². The fourth-order valence-corrected chi connectivity index (χ4v) is 11.0. The second kappa shape index (κ2) is 50.0. The number of hydrogen-bond donors (Lipinski definition) is 8. The summed E-state index contributed by atoms with van der Waals surface area (Å²) < 4.78 is 40.6. The molecule has 0 bridgehead atoms. The summed E-state index contributed by atoms with van der Waals surface area (Å²) in [6.45, 7) is 28.8. The highest BCUT2D eigenvalue weighted by molar-refractivity contribution is 8.00. The summed E-state index contributed by atoms with van der Waals surface area (Å²) in [5.74, 6) is 1.08. The first-order chi connectivity index (χ1) is 40.4. The molecule has 0 radical (unpaired) electrons. The Morgan fingerprint density at radius 3 is 1.27 bits per heavy atom. The summed E-state index contributed by atoms with van der Waals surface area (Å²) in [6, 6.07) is 0. The van der Waals surface area contributed by atoms with Gasteiger partial charge in [0.15, 0.2) is 0 Å². The number of nitrogens with zero attached hydrogens (tertiary/aromatic N) is 5. The van der Waals surface area contributed by atoms with Gasteiger partial charge in [0.1, 0.15) is 0 Å². The molecule has 0 saturated carbocycles. The number of piperazine rings is 1. The van der Waals surface area contributed by atoms with E-state index in [2.05, 4.69) is 51.8 Å². The number of unbranched alkanes of at least 4 members (excludes halogenated alkanes) is 1. The van der Waals surface area contributed by atoms with Crippen molar-refractivity contribution in [3.8, 4) is 0 Å². The highest BCUT2D eigenvalue weighted by atomic mass is 32.2. The minimum absolute atomic E-state index is 0.00771. The van der Waals surface area contributed by atoms with Gasteiger partial charge in [0, 0.05) is 116 Å². The van der Waals surface area contributed by atoms with E-state index in [9.17, 15) is 39.6 Å². The van der Waals surface area contributed by atoms with Crippen molar-refractivity contribution in [2.45, 2.75) is 149 Å². The first-order valence-electron chi connectivity index (χ1n) is 31.7. The van der Waals surface area contributed by atoms with Gasteiger partial charge in [0.2, 0.25) is 5.91 Å². The molecule has 1 aliphatic heterocycles. The number of aliphatic hydroxyl groups is 4. The zero-order valence-corrected chi connectivity index (χ0v) is 54.3. The highest BCUT2D eigenvalue weighted by Crippen LogP contribution is 2.34. The normalized spacial score (nSPS) is 16.2. The van der Waals surface area contributed by atoms with E-state index in [0.29, 0.717) is 78.4 Å². The van der Waals surface area contributed by atoms with Crippen LogP contribution in [0.3, 0.4) is 0 Å². The molecular formula is C59H119N9O15S. The van der Waals surface area contributed by atoms with Crippen molar-refractivity contribution in [1.82, 2.24) is 45.8 Å². The molecule has 0 spiro atoms. The molecule has 1 fully saturated rings. The predicted molar refractivity (Wildman–Crippen MR) is 331 cm³/mol. The van der Waals surface area contributed by atoms with Crippen molar-refractivity contribution in [3.05, 3.63) is 0 Å². The third-order valence-electron chi connectivity index (χ3n) is 14.3. The van der Waals surface area contributed by atoms with Crippen LogP contribution in [0, 0.1) is 5.41 Å². The van der Waals surface area contributed by atoms with E-state index in [1.807, 2.05) is 47.2 Å². The van der Waals surface area contributed by atoms with E-state index < -0.39 is 48.1 Å². The van der Waals surface area contributed by atoms with Crippen LogP contribution in [0.15, 0.2) is 0 Å². The quantitative estimate of drug-likeness (QED) is 0.0320. The Bertz CT molecular complexity index is 1530. The second-order valence-electron chi connectivity index (χ2n) is 22.4. The average molecular weight is 1230 g/mol. The Labute approximate surface area is 510 Å². The maximum atomic E-state index is 12.7. The van der Waals surface area contributed by atoms with Crippen LogP contribution < -0.4 is 21.3 Å². The molecule has 496 valence electrons. The summed E-state index contributed by atoms with van der Waals surface area (Å²) in [7, 11) is 0. The Balaban J connectivity index is 3.19. The standard InChI is InChI=1S/C59H119N9O15S/c1-10-18-21-58(9,14-5)84-37-19-20-54(73)60-22-29-64-33-35-68(36-34-64)41-53(72)45-80-49-59(46-77-42-50(69)38-65(26-11-2)30-23-61-55(74)81-15-6,47-78-43-51(70)39-66(27-12-3)31-24-62-56(75)82-16-7)48-79-44-52(71)40-67(28-13-4)32-25-63-57(76)83-17-8/h50-53,69-72H,10-49H2,1-9H3,(H,60,73)(H,61,74)(H,62,75)(H,63,76).